The highest BCUT2D eigenvalue weighted by Crippen LogP contribution is 2.18. The number of piperazine rings is 1. The topological polar surface area (TPSA) is 69.5 Å². The summed E-state index contributed by atoms with van der Waals surface area (Å²) < 4.78 is 41.0. The molecule has 1 aliphatic rings. The van der Waals surface area contributed by atoms with Gasteiger partial charge >= 0.3 is 6.18 Å². The second-order valence-corrected chi connectivity index (χ2v) is 6.67. The number of hydrogen-bond donors (Lipinski definition) is 0. The smallest absolute Gasteiger partial charge is 0.422 e. The summed E-state index contributed by atoms with van der Waals surface area (Å²) in [5.41, 5.74) is 2.03. The van der Waals surface area contributed by atoms with Crippen LogP contribution < -0.4 is 4.74 Å². The Labute approximate surface area is 166 Å². The van der Waals surface area contributed by atoms with Crippen molar-refractivity contribution in [2.24, 2.45) is 0 Å². The first-order valence-electron chi connectivity index (χ1n) is 9.00. The molecule has 2 aromatic rings. The summed E-state index contributed by atoms with van der Waals surface area (Å²) in [6, 6.07) is 12.2. The quantitative estimate of drug-likeness (QED) is 0.767. The minimum Gasteiger partial charge on any atom is -0.468 e. The first-order valence-corrected chi connectivity index (χ1v) is 9.00. The lowest BCUT2D eigenvalue weighted by Crippen LogP contribution is -2.48. The largest absolute Gasteiger partial charge is 0.468 e. The van der Waals surface area contributed by atoms with Crippen LogP contribution in [0.1, 0.15) is 21.5 Å². The van der Waals surface area contributed by atoms with Crippen LogP contribution in [0.3, 0.4) is 0 Å². The van der Waals surface area contributed by atoms with Crippen molar-refractivity contribution in [3.8, 4) is 11.9 Å². The monoisotopic (exact) mass is 404 g/mol. The maximum Gasteiger partial charge on any atom is 0.422 e. The number of aromatic nitrogens is 1. The van der Waals surface area contributed by atoms with E-state index in [9.17, 15) is 18.0 Å². The molecule has 1 aliphatic heterocycles. The second-order valence-electron chi connectivity index (χ2n) is 6.67. The minimum absolute atomic E-state index is 0.175. The fraction of sp³-hybridized carbons (Fsp3) is 0.350. The molecule has 1 aromatic carbocycles. The third-order valence-electron chi connectivity index (χ3n) is 4.52. The van der Waals surface area contributed by atoms with Gasteiger partial charge in [0.15, 0.2) is 6.61 Å². The normalized spacial score (nSPS) is 15.0. The average Bonchev–Trinajstić information content (AvgIpc) is 2.73. The van der Waals surface area contributed by atoms with E-state index in [4.69, 9.17) is 5.26 Å². The molecular formula is C20H19F3N4O2. The summed E-state index contributed by atoms with van der Waals surface area (Å²) >= 11 is 0. The van der Waals surface area contributed by atoms with Crippen LogP contribution in [-0.4, -0.2) is 59.7 Å². The van der Waals surface area contributed by atoms with Crippen molar-refractivity contribution in [3.63, 3.8) is 0 Å². The van der Waals surface area contributed by atoms with E-state index in [0.29, 0.717) is 37.3 Å². The Bertz CT molecular complexity index is 869. The van der Waals surface area contributed by atoms with Gasteiger partial charge < -0.3 is 9.64 Å². The Morgan fingerprint density at radius 3 is 2.34 bits per heavy atom. The molecule has 0 unspecified atom stereocenters. The number of ether oxygens (including phenoxy) is 1. The number of hydrogen-bond acceptors (Lipinski definition) is 5. The summed E-state index contributed by atoms with van der Waals surface area (Å²) in [5.74, 6) is -0.385. The van der Waals surface area contributed by atoms with E-state index in [1.54, 1.807) is 17.0 Å². The van der Waals surface area contributed by atoms with E-state index in [1.807, 2.05) is 12.1 Å². The number of halogens is 3. The number of nitrogens with zero attached hydrogens (tertiary/aromatic N) is 4. The lowest BCUT2D eigenvalue weighted by molar-refractivity contribution is -0.154. The van der Waals surface area contributed by atoms with Gasteiger partial charge in [0.1, 0.15) is 0 Å². The Balaban J connectivity index is 1.49. The number of pyridine rings is 1. The molecule has 2 heterocycles. The van der Waals surface area contributed by atoms with Crippen molar-refractivity contribution >= 4 is 5.91 Å². The minimum atomic E-state index is -4.44. The van der Waals surface area contributed by atoms with E-state index in [0.717, 1.165) is 12.1 Å². The van der Waals surface area contributed by atoms with Gasteiger partial charge in [0.05, 0.1) is 17.2 Å². The molecule has 1 fully saturated rings. The van der Waals surface area contributed by atoms with Crippen LogP contribution in [0.4, 0.5) is 13.2 Å². The van der Waals surface area contributed by atoms with Gasteiger partial charge in [-0.1, -0.05) is 12.1 Å². The van der Waals surface area contributed by atoms with Gasteiger partial charge in [-0.25, -0.2) is 4.98 Å². The molecule has 0 bridgehead atoms. The first kappa shape index (κ1) is 20.6. The number of nitriles is 1. The molecule has 0 atom stereocenters. The molecule has 1 amide bonds. The molecule has 0 aliphatic carbocycles. The van der Waals surface area contributed by atoms with Gasteiger partial charge in [-0.15, -0.1) is 0 Å². The zero-order valence-electron chi connectivity index (χ0n) is 15.5. The van der Waals surface area contributed by atoms with E-state index >= 15 is 0 Å². The highest BCUT2D eigenvalue weighted by Gasteiger charge is 2.29. The Morgan fingerprint density at radius 1 is 1.10 bits per heavy atom. The number of carbonyl (C=O) groups excluding carboxylic acids is 1. The predicted octanol–water partition coefficient (Wildman–Crippen LogP) is 2.85. The van der Waals surface area contributed by atoms with Gasteiger partial charge in [-0.2, -0.15) is 18.4 Å². The van der Waals surface area contributed by atoms with Crippen molar-refractivity contribution in [1.82, 2.24) is 14.8 Å². The molecule has 0 saturated carbocycles. The first-order chi connectivity index (χ1) is 13.8. The fourth-order valence-electron chi connectivity index (χ4n) is 2.98. The van der Waals surface area contributed by atoms with Gasteiger partial charge in [0, 0.05) is 45.0 Å². The van der Waals surface area contributed by atoms with Crippen molar-refractivity contribution in [3.05, 3.63) is 59.3 Å². The standard InChI is InChI=1S/C20H19F3N4O2/c21-20(22,23)14-29-18-6-5-17(12-25-18)19(28)27-9-7-26(8-10-27)13-16-3-1-15(11-24)2-4-16/h1-6,12H,7-10,13-14H2. The molecule has 152 valence electrons. The van der Waals surface area contributed by atoms with Crippen LogP contribution in [0.25, 0.3) is 0 Å². The molecule has 0 spiro atoms. The van der Waals surface area contributed by atoms with Gasteiger partial charge in [-0.05, 0) is 23.8 Å². The number of alkyl halides is 3. The summed E-state index contributed by atoms with van der Waals surface area (Å²) in [6.07, 6.45) is -3.20. The van der Waals surface area contributed by atoms with Crippen LogP contribution in [0.2, 0.25) is 0 Å². The fourth-order valence-corrected chi connectivity index (χ4v) is 2.98. The molecule has 9 heteroatoms. The Morgan fingerprint density at radius 2 is 1.79 bits per heavy atom. The zero-order valence-corrected chi connectivity index (χ0v) is 15.5. The molecule has 0 radical (unpaired) electrons. The highest BCUT2D eigenvalue weighted by molar-refractivity contribution is 5.94. The lowest BCUT2D eigenvalue weighted by atomic mass is 10.1. The number of rotatable bonds is 5. The SMILES string of the molecule is N#Cc1ccc(CN2CCN(C(=O)c3ccc(OCC(F)(F)F)nc3)CC2)cc1. The number of amides is 1. The van der Waals surface area contributed by atoms with Crippen molar-refractivity contribution in [2.75, 3.05) is 32.8 Å². The molecule has 0 N–H and O–H groups in total. The average molecular weight is 404 g/mol. The van der Waals surface area contributed by atoms with E-state index < -0.39 is 12.8 Å². The molecule has 1 aromatic heterocycles. The third-order valence-corrected chi connectivity index (χ3v) is 4.52. The van der Waals surface area contributed by atoms with Crippen LogP contribution >= 0.6 is 0 Å². The maximum absolute atomic E-state index is 12.6. The molecule has 6 nitrogen and oxygen atoms in total. The highest BCUT2D eigenvalue weighted by atomic mass is 19.4. The Kier molecular flexibility index (Phi) is 6.34. The maximum atomic E-state index is 12.6. The summed E-state index contributed by atoms with van der Waals surface area (Å²) in [4.78, 5) is 20.3. The van der Waals surface area contributed by atoms with Crippen molar-refractivity contribution in [2.45, 2.75) is 12.7 Å². The van der Waals surface area contributed by atoms with Crippen LogP contribution in [0, 0.1) is 11.3 Å². The lowest BCUT2D eigenvalue weighted by Gasteiger charge is -2.34. The van der Waals surface area contributed by atoms with Crippen molar-refractivity contribution < 1.29 is 22.7 Å². The summed E-state index contributed by atoms with van der Waals surface area (Å²) in [5, 5.41) is 8.84. The van der Waals surface area contributed by atoms with Crippen LogP contribution in [0.15, 0.2) is 42.6 Å². The zero-order chi connectivity index (χ0) is 20.9. The number of benzene rings is 1. The van der Waals surface area contributed by atoms with Crippen LogP contribution in [0.5, 0.6) is 5.88 Å². The van der Waals surface area contributed by atoms with Gasteiger partial charge in [0.2, 0.25) is 5.88 Å². The second kappa shape index (κ2) is 8.92. The molecular weight excluding hydrogens is 385 g/mol. The van der Waals surface area contributed by atoms with Crippen LogP contribution in [-0.2, 0) is 6.54 Å². The van der Waals surface area contributed by atoms with Gasteiger partial charge in [0.25, 0.3) is 5.91 Å². The molecule has 1 saturated heterocycles. The number of carbonyl (C=O) groups is 1. The third kappa shape index (κ3) is 5.93. The predicted molar refractivity (Wildman–Crippen MR) is 98.1 cm³/mol. The summed E-state index contributed by atoms with van der Waals surface area (Å²) in [7, 11) is 0. The molecule has 29 heavy (non-hydrogen) atoms. The van der Waals surface area contributed by atoms with Crippen molar-refractivity contribution in [1.29, 1.82) is 5.26 Å². The summed E-state index contributed by atoms with van der Waals surface area (Å²) in [6.45, 7) is 1.80. The molecule has 3 rings (SSSR count). The van der Waals surface area contributed by atoms with E-state index in [-0.39, 0.29) is 11.8 Å². The van der Waals surface area contributed by atoms with Gasteiger partial charge in [-0.3, -0.25) is 9.69 Å². The van der Waals surface area contributed by atoms with E-state index in [2.05, 4.69) is 20.7 Å². The Hall–Kier alpha value is -3.12. The van der Waals surface area contributed by atoms with E-state index in [1.165, 1.54) is 18.3 Å².